The second-order valence-electron chi connectivity index (χ2n) is 6.20. The van der Waals surface area contributed by atoms with Gasteiger partial charge >= 0.3 is 6.03 Å². The molecule has 0 aliphatic heterocycles. The quantitative estimate of drug-likeness (QED) is 0.725. The predicted octanol–water partition coefficient (Wildman–Crippen LogP) is 3.76. The van der Waals surface area contributed by atoms with Crippen molar-refractivity contribution in [1.29, 1.82) is 0 Å². The van der Waals surface area contributed by atoms with Crippen LogP contribution in [0.1, 0.15) is 30.5 Å². The van der Waals surface area contributed by atoms with Gasteiger partial charge in [0.25, 0.3) is 10.0 Å². The molecule has 25 heavy (non-hydrogen) atoms. The Balaban J connectivity index is 2.15. The molecule has 0 aliphatic carbocycles. The second-order valence-corrected chi connectivity index (χ2v) is 9.40. The lowest BCUT2D eigenvalue weighted by Crippen LogP contribution is -2.34. The first-order chi connectivity index (χ1) is 11.4. The molecule has 0 aliphatic rings. The van der Waals surface area contributed by atoms with Gasteiger partial charge in [-0.2, -0.15) is 0 Å². The fraction of sp³-hybridized carbons (Fsp3) is 0.312. The highest BCUT2D eigenvalue weighted by Crippen LogP contribution is 2.28. The van der Waals surface area contributed by atoms with Crippen molar-refractivity contribution in [1.82, 2.24) is 4.72 Å². The van der Waals surface area contributed by atoms with E-state index in [-0.39, 0.29) is 4.21 Å². The Morgan fingerprint density at radius 1 is 1.20 bits per heavy atom. The maximum atomic E-state index is 12.3. The van der Waals surface area contributed by atoms with Crippen LogP contribution < -0.4 is 10.0 Å². The molecule has 0 spiro atoms. The number of aliphatic hydroxyl groups is 1. The highest BCUT2D eigenvalue weighted by Gasteiger charge is 2.24. The molecule has 0 atom stereocenters. The molecular weight excluding hydrogens is 384 g/mol. The van der Waals surface area contributed by atoms with Crippen LogP contribution in [0.4, 0.5) is 10.5 Å². The topological polar surface area (TPSA) is 95.5 Å². The molecule has 3 N–H and O–H groups in total. The van der Waals surface area contributed by atoms with Gasteiger partial charge in [0.2, 0.25) is 0 Å². The number of rotatable bonds is 4. The zero-order chi connectivity index (χ0) is 19.0. The van der Waals surface area contributed by atoms with Gasteiger partial charge in [-0.15, -0.1) is 11.3 Å². The molecule has 0 bridgehead atoms. The highest BCUT2D eigenvalue weighted by molar-refractivity contribution is 7.92. The molecule has 0 saturated carbocycles. The van der Waals surface area contributed by atoms with Crippen molar-refractivity contribution in [3.63, 3.8) is 0 Å². The number of benzene rings is 1. The maximum absolute atomic E-state index is 12.3. The van der Waals surface area contributed by atoms with Gasteiger partial charge in [0.1, 0.15) is 4.21 Å². The number of carbonyl (C=O) groups is 1. The minimum absolute atomic E-state index is 0.0526. The summed E-state index contributed by atoms with van der Waals surface area (Å²) in [5, 5.41) is 14.5. The summed E-state index contributed by atoms with van der Waals surface area (Å²) in [4.78, 5) is 12.0. The molecule has 136 valence electrons. The van der Waals surface area contributed by atoms with Crippen molar-refractivity contribution in [3.8, 4) is 0 Å². The summed E-state index contributed by atoms with van der Waals surface area (Å²) < 4.78 is 26.5. The van der Waals surface area contributed by atoms with Crippen molar-refractivity contribution in [2.24, 2.45) is 0 Å². The van der Waals surface area contributed by atoms with E-state index in [9.17, 15) is 18.3 Å². The standard InChI is InChI=1S/C16H19ClN2O4S2/c1-9-5-12(6-10(2)14(9)17)18-15(20)19-25(22,23)13-7-11(8-24-13)16(3,4)21/h5-8,21H,1-4H3,(H2,18,19,20). The number of amides is 2. The van der Waals surface area contributed by atoms with E-state index in [1.165, 1.54) is 6.07 Å². The van der Waals surface area contributed by atoms with Crippen LogP contribution in [0.2, 0.25) is 5.02 Å². The van der Waals surface area contributed by atoms with E-state index < -0.39 is 21.7 Å². The maximum Gasteiger partial charge on any atom is 0.333 e. The molecular formula is C16H19ClN2O4S2. The lowest BCUT2D eigenvalue weighted by Gasteiger charge is -2.14. The average molecular weight is 403 g/mol. The number of aryl methyl sites for hydroxylation is 2. The number of halogens is 1. The minimum atomic E-state index is -4.03. The normalized spacial score (nSPS) is 12.1. The summed E-state index contributed by atoms with van der Waals surface area (Å²) in [7, 11) is -4.03. The van der Waals surface area contributed by atoms with E-state index in [1.807, 2.05) is 4.72 Å². The van der Waals surface area contributed by atoms with Crippen LogP contribution in [0.25, 0.3) is 0 Å². The first kappa shape index (κ1) is 19.7. The molecule has 0 fully saturated rings. The van der Waals surface area contributed by atoms with Crippen molar-refractivity contribution in [2.45, 2.75) is 37.5 Å². The van der Waals surface area contributed by atoms with Crippen molar-refractivity contribution >= 4 is 44.7 Å². The summed E-state index contributed by atoms with van der Waals surface area (Å²) in [6, 6.07) is 3.77. The molecule has 1 aromatic heterocycles. The van der Waals surface area contributed by atoms with E-state index in [1.54, 1.807) is 45.2 Å². The van der Waals surface area contributed by atoms with E-state index >= 15 is 0 Å². The Morgan fingerprint density at radius 3 is 2.24 bits per heavy atom. The Hall–Kier alpha value is -1.61. The Bertz CT molecular complexity index is 891. The van der Waals surface area contributed by atoms with Crippen LogP contribution in [0.3, 0.4) is 0 Å². The molecule has 0 radical (unpaired) electrons. The third-order valence-corrected chi connectivity index (χ3v) is 6.83. The van der Waals surface area contributed by atoms with Crippen molar-refractivity contribution in [2.75, 3.05) is 5.32 Å². The number of hydrogen-bond donors (Lipinski definition) is 3. The number of nitrogens with one attached hydrogen (secondary N) is 2. The summed E-state index contributed by atoms with van der Waals surface area (Å²) in [5.41, 5.74) is 1.28. The van der Waals surface area contributed by atoms with Crippen LogP contribution in [-0.4, -0.2) is 19.6 Å². The molecule has 0 saturated heterocycles. The molecule has 0 unspecified atom stereocenters. The number of carbonyl (C=O) groups excluding carboxylic acids is 1. The Morgan fingerprint density at radius 2 is 1.76 bits per heavy atom. The van der Waals surface area contributed by atoms with Crippen LogP contribution in [0, 0.1) is 13.8 Å². The summed E-state index contributed by atoms with van der Waals surface area (Å²) in [6.07, 6.45) is 0. The fourth-order valence-electron chi connectivity index (χ4n) is 2.13. The van der Waals surface area contributed by atoms with Crippen LogP contribution in [-0.2, 0) is 15.6 Å². The van der Waals surface area contributed by atoms with Gasteiger partial charge in [-0.05, 0) is 68.0 Å². The third-order valence-electron chi connectivity index (χ3n) is 3.47. The second kappa shape index (κ2) is 6.95. The highest BCUT2D eigenvalue weighted by atomic mass is 35.5. The van der Waals surface area contributed by atoms with Gasteiger partial charge < -0.3 is 10.4 Å². The van der Waals surface area contributed by atoms with E-state index in [4.69, 9.17) is 11.6 Å². The molecule has 6 nitrogen and oxygen atoms in total. The number of anilines is 1. The SMILES string of the molecule is Cc1cc(NC(=O)NS(=O)(=O)c2cc(C(C)(C)O)cs2)cc(C)c1Cl. The first-order valence-electron chi connectivity index (χ1n) is 7.32. The van der Waals surface area contributed by atoms with Gasteiger partial charge in [0.05, 0.1) is 5.60 Å². The van der Waals surface area contributed by atoms with Gasteiger partial charge in [-0.1, -0.05) is 11.6 Å². The third kappa shape index (κ3) is 4.72. The molecule has 9 heteroatoms. The van der Waals surface area contributed by atoms with Gasteiger partial charge in [-0.3, -0.25) is 0 Å². The lowest BCUT2D eigenvalue weighted by molar-refractivity contribution is 0.0789. The predicted molar refractivity (Wildman–Crippen MR) is 99.8 cm³/mol. The Kier molecular flexibility index (Phi) is 5.48. The monoisotopic (exact) mass is 402 g/mol. The number of thiophene rings is 1. The number of hydrogen-bond acceptors (Lipinski definition) is 5. The smallest absolute Gasteiger partial charge is 0.333 e. The van der Waals surface area contributed by atoms with E-state index in [2.05, 4.69) is 5.32 Å². The summed E-state index contributed by atoms with van der Waals surface area (Å²) in [5.74, 6) is 0. The van der Waals surface area contributed by atoms with Crippen LogP contribution >= 0.6 is 22.9 Å². The van der Waals surface area contributed by atoms with E-state index in [0.717, 1.165) is 22.5 Å². The molecule has 2 amide bonds. The number of sulfonamides is 1. The zero-order valence-corrected chi connectivity index (χ0v) is 16.6. The number of urea groups is 1. The minimum Gasteiger partial charge on any atom is -0.386 e. The molecule has 1 aromatic carbocycles. The summed E-state index contributed by atoms with van der Waals surface area (Å²) in [6.45, 7) is 6.69. The van der Waals surface area contributed by atoms with Crippen LogP contribution in [0.15, 0.2) is 27.8 Å². The lowest BCUT2D eigenvalue weighted by atomic mass is 10.0. The van der Waals surface area contributed by atoms with E-state index in [0.29, 0.717) is 16.3 Å². The Labute approximate surface area is 155 Å². The van der Waals surface area contributed by atoms with Crippen molar-refractivity contribution in [3.05, 3.63) is 45.3 Å². The fourth-order valence-corrected chi connectivity index (χ4v) is 4.48. The van der Waals surface area contributed by atoms with Gasteiger partial charge in [0.15, 0.2) is 0 Å². The molecule has 2 aromatic rings. The van der Waals surface area contributed by atoms with Crippen molar-refractivity contribution < 1.29 is 18.3 Å². The zero-order valence-electron chi connectivity index (χ0n) is 14.2. The molecule has 1 heterocycles. The van der Waals surface area contributed by atoms with Crippen LogP contribution in [0.5, 0.6) is 0 Å². The first-order valence-corrected chi connectivity index (χ1v) is 10.1. The average Bonchev–Trinajstić information content (AvgIpc) is 2.94. The molecule has 2 rings (SSSR count). The van der Waals surface area contributed by atoms with Gasteiger partial charge in [-0.25, -0.2) is 17.9 Å². The summed E-state index contributed by atoms with van der Waals surface area (Å²) >= 11 is 7.00. The van der Waals surface area contributed by atoms with Gasteiger partial charge in [0, 0.05) is 10.7 Å². The largest absolute Gasteiger partial charge is 0.386 e.